The maximum absolute atomic E-state index is 4.97. The molecular weight excluding hydrogens is 128 g/mol. The quantitative estimate of drug-likeness (QED) is 0.363. The topological polar surface area (TPSA) is 63.3 Å². The van der Waals surface area contributed by atoms with Crippen LogP contribution < -0.4 is 23.9 Å². The molecule has 0 aromatic rings. The van der Waals surface area contributed by atoms with Crippen LogP contribution in [0.4, 0.5) is 4.42 Å². The normalized spacial score (nSPS) is 7.88. The third kappa shape index (κ3) is 9.12. The van der Waals surface area contributed by atoms with Crippen molar-refractivity contribution in [3.05, 3.63) is 0 Å². The summed E-state index contributed by atoms with van der Waals surface area (Å²) in [4.78, 5) is 0. The third-order valence-electron chi connectivity index (χ3n) is 0.372. The molecule has 0 bridgehead atoms. The average molecular weight is 139 g/mol. The molecule has 0 aliphatic carbocycles. The van der Waals surface area contributed by atoms with E-state index in [1.807, 2.05) is 13.8 Å². The highest BCUT2D eigenvalue weighted by molar-refractivity contribution is 5.69. The maximum Gasteiger partial charge on any atom is 0.495 e. The minimum atomic E-state index is 0. The van der Waals surface area contributed by atoms with Crippen molar-refractivity contribution in [3.8, 4) is 0 Å². The van der Waals surface area contributed by atoms with Gasteiger partial charge in [0, 0.05) is 13.8 Å². The summed E-state index contributed by atoms with van der Waals surface area (Å²) in [5, 5.41) is 0. The molecule has 0 saturated carbocycles. The summed E-state index contributed by atoms with van der Waals surface area (Å²) < 4.78 is 4.72. The van der Waals surface area contributed by atoms with Gasteiger partial charge in [0.1, 0.15) is 0 Å². The number of amides is 2. The van der Waals surface area contributed by atoms with Crippen LogP contribution in [0.2, 0.25) is 0 Å². The molecule has 0 radical (unpaired) electrons. The second kappa shape index (κ2) is 4.71. The molecule has 0 fully saturated rings. The van der Waals surface area contributed by atoms with Crippen molar-refractivity contribution >= 4 is 6.03 Å². The lowest BCUT2D eigenvalue weighted by Crippen LogP contribution is -3.00. The van der Waals surface area contributed by atoms with E-state index in [1.165, 1.54) is 0 Å². The van der Waals surface area contributed by atoms with Gasteiger partial charge < -0.3 is 23.9 Å². The molecule has 0 atom stereocenters. The van der Waals surface area contributed by atoms with Gasteiger partial charge in [0.2, 0.25) is 0 Å². The van der Waals surface area contributed by atoms with Crippen molar-refractivity contribution in [1.82, 2.24) is 0 Å². The molecule has 0 aromatic carbocycles. The molecule has 0 aromatic heterocycles. The zero-order valence-electron chi connectivity index (χ0n) is 5.02. The maximum atomic E-state index is 4.97. The fraction of sp³-hybridized carbons (Fsp3) is 0.750. The second-order valence-electron chi connectivity index (χ2n) is 1.57. The van der Waals surface area contributed by atoms with Crippen LogP contribution in [0.3, 0.4) is 0 Å². The third-order valence-corrected chi connectivity index (χ3v) is 0.372. The Hall–Kier alpha value is -0.440. The summed E-state index contributed by atoms with van der Waals surface area (Å²) >= 11 is 0. The van der Waals surface area contributed by atoms with Crippen molar-refractivity contribution in [2.75, 3.05) is 0 Å². The van der Waals surface area contributed by atoms with Crippen LogP contribution in [-0.4, -0.2) is 12.1 Å². The van der Waals surface area contributed by atoms with Crippen LogP contribution in [0, 0.1) is 0 Å². The second-order valence-corrected chi connectivity index (χ2v) is 1.57. The Labute approximate surface area is 55.1 Å². The molecule has 4 N–H and O–H groups in total. The lowest BCUT2D eigenvalue weighted by Gasteiger charge is -1.79. The first kappa shape index (κ1) is 10.5. The van der Waals surface area contributed by atoms with E-state index in [4.69, 9.17) is 15.9 Å². The Morgan fingerprint density at radius 2 is 1.75 bits per heavy atom. The SMILES string of the molecule is CC(C)[O+]=C(N)N.[Cl-]. The van der Waals surface area contributed by atoms with Gasteiger partial charge >= 0.3 is 6.03 Å². The van der Waals surface area contributed by atoms with E-state index >= 15 is 0 Å². The van der Waals surface area contributed by atoms with Gasteiger partial charge in [-0.25, -0.2) is 4.42 Å². The van der Waals surface area contributed by atoms with Crippen LogP contribution in [0.25, 0.3) is 0 Å². The van der Waals surface area contributed by atoms with Gasteiger partial charge in [0.15, 0.2) is 0 Å². The Morgan fingerprint density at radius 1 is 1.38 bits per heavy atom. The van der Waals surface area contributed by atoms with E-state index in [-0.39, 0.29) is 24.5 Å². The summed E-state index contributed by atoms with van der Waals surface area (Å²) in [5.41, 5.74) is 9.93. The molecule has 0 rings (SSSR count). The lowest BCUT2D eigenvalue weighted by molar-refractivity contribution is -0.185. The summed E-state index contributed by atoms with van der Waals surface area (Å²) in [6, 6.07) is 0.0370. The first-order valence-corrected chi connectivity index (χ1v) is 2.17. The van der Waals surface area contributed by atoms with Crippen molar-refractivity contribution in [3.63, 3.8) is 0 Å². The average Bonchev–Trinajstić information content (AvgIpc) is 1.27. The predicted molar refractivity (Wildman–Crippen MR) is 28.9 cm³/mol. The van der Waals surface area contributed by atoms with Crippen molar-refractivity contribution in [1.29, 1.82) is 0 Å². The van der Waals surface area contributed by atoms with E-state index in [9.17, 15) is 0 Å². The van der Waals surface area contributed by atoms with Gasteiger partial charge in [-0.2, -0.15) is 0 Å². The number of urea groups is 1. The molecule has 0 saturated heterocycles. The zero-order chi connectivity index (χ0) is 5.86. The van der Waals surface area contributed by atoms with E-state index in [2.05, 4.69) is 0 Å². The first-order chi connectivity index (χ1) is 3.13. The largest absolute Gasteiger partial charge is 1.00 e. The van der Waals surface area contributed by atoms with Gasteiger partial charge in [0.05, 0.1) is 0 Å². The number of hydrogen-bond acceptors (Lipinski definition) is 0. The number of carbonyl (C=O) groups excluding carboxylic acids is 1. The Bertz CT molecular complexity index is 78.1. The summed E-state index contributed by atoms with van der Waals surface area (Å²) in [7, 11) is 0. The number of rotatable bonds is 1. The number of primary amides is 2. The van der Waals surface area contributed by atoms with E-state index in [0.29, 0.717) is 0 Å². The summed E-state index contributed by atoms with van der Waals surface area (Å²) in [5.74, 6) is 0. The van der Waals surface area contributed by atoms with E-state index < -0.39 is 0 Å². The summed E-state index contributed by atoms with van der Waals surface area (Å²) in [6.07, 6.45) is 0.0880. The molecule has 2 amide bonds. The van der Waals surface area contributed by atoms with Gasteiger partial charge in [-0.1, -0.05) is 0 Å². The van der Waals surface area contributed by atoms with Crippen LogP contribution in [0.15, 0.2) is 0 Å². The van der Waals surface area contributed by atoms with Crippen LogP contribution >= 0.6 is 0 Å². The smallest absolute Gasteiger partial charge is 0.495 e. The highest BCUT2D eigenvalue weighted by Crippen LogP contribution is 1.89. The molecular formula is C4H11ClN2O. The van der Waals surface area contributed by atoms with Gasteiger partial charge in [0.25, 0.3) is 6.10 Å². The molecule has 0 heterocycles. The molecule has 8 heavy (non-hydrogen) atoms. The van der Waals surface area contributed by atoms with Gasteiger partial charge in [-0.15, -0.1) is 0 Å². The number of halogens is 1. The lowest BCUT2D eigenvalue weighted by atomic mass is 10.5. The van der Waals surface area contributed by atoms with Gasteiger partial charge in [-0.05, 0) is 0 Å². The summed E-state index contributed by atoms with van der Waals surface area (Å²) in [6.45, 7) is 3.72. The Morgan fingerprint density at radius 3 is 1.75 bits per heavy atom. The van der Waals surface area contributed by atoms with Crippen LogP contribution in [0.5, 0.6) is 0 Å². The monoisotopic (exact) mass is 138 g/mol. The zero-order valence-corrected chi connectivity index (χ0v) is 5.77. The standard InChI is InChI=1S/C4H11N2O.ClH/c1-3(2)7-4(5)6;/h3H,5-6H2,1-2H3;1H/q+1;/p-1. The molecule has 0 aliphatic heterocycles. The first-order valence-electron chi connectivity index (χ1n) is 2.17. The van der Waals surface area contributed by atoms with Crippen LogP contribution in [0.1, 0.15) is 13.8 Å². The molecule has 50 valence electrons. The molecule has 0 spiro atoms. The number of nitrogens with two attached hydrogens (primary N) is 2. The molecule has 0 aliphatic rings. The van der Waals surface area contributed by atoms with Crippen molar-refractivity contribution in [2.45, 2.75) is 20.0 Å². The minimum Gasteiger partial charge on any atom is -1.00 e. The predicted octanol–water partition coefficient (Wildman–Crippen LogP) is -3.03. The highest BCUT2D eigenvalue weighted by atomic mass is 35.5. The van der Waals surface area contributed by atoms with Crippen molar-refractivity contribution in [2.24, 2.45) is 11.5 Å². The van der Waals surface area contributed by atoms with Crippen molar-refractivity contribution < 1.29 is 16.8 Å². The van der Waals surface area contributed by atoms with E-state index in [0.717, 1.165) is 0 Å². The molecule has 3 nitrogen and oxygen atoms in total. The fourth-order valence-corrected chi connectivity index (χ4v) is 0.272. The van der Waals surface area contributed by atoms with Crippen LogP contribution in [-0.2, 0) is 0 Å². The highest BCUT2D eigenvalue weighted by Gasteiger charge is 2.00. The molecule has 4 heteroatoms. The number of hydrogen-bond donors (Lipinski definition) is 2. The van der Waals surface area contributed by atoms with Gasteiger partial charge in [-0.3, -0.25) is 0 Å². The minimum absolute atomic E-state index is 0. The van der Waals surface area contributed by atoms with E-state index in [1.54, 1.807) is 0 Å². The molecule has 0 unspecified atom stereocenters. The Kier molecular flexibility index (Phi) is 6.20. The fourth-order valence-electron chi connectivity index (χ4n) is 0.272. The Balaban J connectivity index is 0.